The van der Waals surface area contributed by atoms with E-state index >= 15 is 0 Å². The fourth-order valence-electron chi connectivity index (χ4n) is 5.13. The van der Waals surface area contributed by atoms with Gasteiger partial charge in [-0.25, -0.2) is 29.9 Å². The largest absolute Gasteiger partial charge is 0.312 e. The Balaban J connectivity index is 1.49. The first-order chi connectivity index (χ1) is 19.3. The smallest absolute Gasteiger partial charge is 0.137 e. The Bertz CT molecular complexity index is 1380. The van der Waals surface area contributed by atoms with E-state index in [9.17, 15) is 0 Å². The molecule has 0 aliphatic carbocycles. The molecule has 0 amide bonds. The summed E-state index contributed by atoms with van der Waals surface area (Å²) in [5.41, 5.74) is 3.15. The summed E-state index contributed by atoms with van der Waals surface area (Å²) < 4.78 is 12.4. The molecule has 7 rings (SSSR count). The van der Waals surface area contributed by atoms with Gasteiger partial charge in [0.1, 0.15) is 18.5 Å². The van der Waals surface area contributed by atoms with E-state index in [1.165, 1.54) is 0 Å². The lowest BCUT2D eigenvalue weighted by Gasteiger charge is -2.28. The molecule has 0 aliphatic heterocycles. The highest BCUT2D eigenvalue weighted by Crippen LogP contribution is 2.32. The first-order valence-corrected chi connectivity index (χ1v) is 12.3. The minimum absolute atomic E-state index is 0.217. The second-order valence-corrected chi connectivity index (χ2v) is 9.11. The van der Waals surface area contributed by atoms with E-state index in [2.05, 4.69) is 75.5 Å². The maximum Gasteiger partial charge on any atom is 0.137 e. The maximum atomic E-state index is 4.34. The second kappa shape index (κ2) is 9.74. The minimum atomic E-state index is -0.217. The van der Waals surface area contributed by atoms with Gasteiger partial charge in [0.05, 0.1) is 38.0 Å². The van der Waals surface area contributed by atoms with Crippen LogP contribution in [0.15, 0.2) is 131 Å². The first kappa shape index (κ1) is 22.7. The van der Waals surface area contributed by atoms with Crippen LogP contribution < -0.4 is 0 Å². The third-order valence-corrected chi connectivity index (χ3v) is 6.74. The van der Waals surface area contributed by atoms with Crippen molar-refractivity contribution in [2.75, 3.05) is 0 Å². The fraction of sp³-hybridized carbons (Fsp3) is 0.111. The molecular weight excluding hydrogens is 492 g/mol. The van der Waals surface area contributed by atoms with Gasteiger partial charge >= 0.3 is 0 Å². The normalized spacial score (nSPS) is 11.8. The van der Waals surface area contributed by atoms with Crippen LogP contribution in [-0.2, 0) is 0 Å². The van der Waals surface area contributed by atoms with Crippen molar-refractivity contribution >= 4 is 0 Å². The molecule has 1 aromatic carbocycles. The molecule has 0 spiro atoms. The third-order valence-electron chi connectivity index (χ3n) is 6.74. The Labute approximate surface area is 223 Å². The number of imidazole rings is 6. The zero-order chi connectivity index (χ0) is 26.0. The maximum absolute atomic E-state index is 4.34. The summed E-state index contributed by atoms with van der Waals surface area (Å²) in [5.74, 6) is 0. The molecule has 0 unspecified atom stereocenters. The molecule has 0 N–H and O–H groups in total. The molecule has 0 saturated heterocycles. The molecule has 0 fully saturated rings. The molecule has 0 radical (unpaired) electrons. The lowest BCUT2D eigenvalue weighted by Crippen LogP contribution is -2.23. The van der Waals surface area contributed by atoms with Gasteiger partial charge < -0.3 is 27.4 Å². The Hall–Kier alpha value is -5.52. The van der Waals surface area contributed by atoms with E-state index in [1.54, 1.807) is 37.2 Å². The van der Waals surface area contributed by atoms with Crippen LogP contribution in [0, 0.1) is 0 Å². The predicted octanol–water partition coefficient (Wildman–Crippen LogP) is 3.15. The molecule has 0 aliphatic rings. The van der Waals surface area contributed by atoms with Gasteiger partial charge in [0, 0.05) is 74.4 Å². The van der Waals surface area contributed by atoms with Crippen LogP contribution in [0.3, 0.4) is 0 Å². The highest BCUT2D eigenvalue weighted by molar-refractivity contribution is 5.37. The summed E-state index contributed by atoms with van der Waals surface area (Å²) in [6.45, 7) is 0. The Morgan fingerprint density at radius 1 is 0.333 bits per heavy atom. The van der Waals surface area contributed by atoms with Gasteiger partial charge in [-0.1, -0.05) is 0 Å². The number of aromatic nitrogens is 12. The van der Waals surface area contributed by atoms with Crippen LogP contribution in [0.4, 0.5) is 0 Å². The van der Waals surface area contributed by atoms with E-state index in [0.717, 1.165) is 16.7 Å². The molecule has 0 saturated carbocycles. The zero-order valence-electron chi connectivity index (χ0n) is 20.7. The molecule has 39 heavy (non-hydrogen) atoms. The van der Waals surface area contributed by atoms with Gasteiger partial charge in [-0.2, -0.15) is 0 Å². The summed E-state index contributed by atoms with van der Waals surface area (Å²) >= 11 is 0. The molecule has 12 nitrogen and oxygen atoms in total. The van der Waals surface area contributed by atoms with Gasteiger partial charge in [-0.3, -0.25) is 0 Å². The number of benzene rings is 1. The average molecular weight is 517 g/mol. The molecule has 0 bridgehead atoms. The number of nitrogens with zero attached hydrogens (tertiary/aromatic N) is 12. The lowest BCUT2D eigenvalue weighted by molar-refractivity contribution is 0.475. The molecule has 0 atom stereocenters. The van der Waals surface area contributed by atoms with Crippen LogP contribution in [0.5, 0.6) is 0 Å². The molecule has 12 heteroatoms. The summed E-state index contributed by atoms with van der Waals surface area (Å²) in [4.78, 5) is 26.0. The van der Waals surface area contributed by atoms with E-state index in [0.29, 0.717) is 0 Å². The van der Waals surface area contributed by atoms with Crippen molar-refractivity contribution in [2.45, 2.75) is 18.5 Å². The summed E-state index contributed by atoms with van der Waals surface area (Å²) in [6.07, 6.45) is 32.8. The highest BCUT2D eigenvalue weighted by Gasteiger charge is 2.25. The molecular formula is C27H24N12. The van der Waals surface area contributed by atoms with Crippen molar-refractivity contribution in [3.05, 3.63) is 147 Å². The van der Waals surface area contributed by atoms with Gasteiger partial charge in [-0.05, 0) is 34.9 Å². The highest BCUT2D eigenvalue weighted by atomic mass is 15.3. The molecule has 7 aromatic rings. The monoisotopic (exact) mass is 516 g/mol. The van der Waals surface area contributed by atoms with E-state index in [1.807, 2.05) is 75.1 Å². The predicted molar refractivity (Wildman–Crippen MR) is 140 cm³/mol. The van der Waals surface area contributed by atoms with Crippen LogP contribution in [0.1, 0.15) is 35.2 Å². The van der Waals surface area contributed by atoms with Crippen LogP contribution in [0.2, 0.25) is 0 Å². The molecule has 6 heterocycles. The first-order valence-electron chi connectivity index (χ1n) is 12.3. The van der Waals surface area contributed by atoms with Gasteiger partial charge in [0.25, 0.3) is 0 Å². The third kappa shape index (κ3) is 4.23. The summed E-state index contributed by atoms with van der Waals surface area (Å²) in [7, 11) is 0. The Morgan fingerprint density at radius 2 is 0.538 bits per heavy atom. The number of hydrogen-bond donors (Lipinski definition) is 0. The van der Waals surface area contributed by atoms with E-state index < -0.39 is 0 Å². The Morgan fingerprint density at radius 3 is 0.692 bits per heavy atom. The molecule has 192 valence electrons. The minimum Gasteiger partial charge on any atom is -0.312 e. The standard InChI is InChI=1S/C27H24N12/c1-7-34(16-28-1)25(35-8-2-29-17-35)22-13-23(26(36-9-3-30-18-36)37-10-4-31-19-37)15-24(14-22)27(38-11-5-32-20-38)39-12-6-33-21-39/h1-21,25-27H. The fourth-order valence-corrected chi connectivity index (χ4v) is 5.13. The van der Waals surface area contributed by atoms with Gasteiger partial charge in [-0.15, -0.1) is 0 Å². The van der Waals surface area contributed by atoms with Crippen molar-refractivity contribution in [3.8, 4) is 0 Å². The van der Waals surface area contributed by atoms with E-state index in [-0.39, 0.29) is 18.5 Å². The zero-order valence-corrected chi connectivity index (χ0v) is 20.7. The Kier molecular flexibility index (Phi) is 5.66. The van der Waals surface area contributed by atoms with Gasteiger partial charge in [0.2, 0.25) is 0 Å². The van der Waals surface area contributed by atoms with Gasteiger partial charge in [0.15, 0.2) is 0 Å². The average Bonchev–Trinajstić information content (AvgIpc) is 3.80. The van der Waals surface area contributed by atoms with Crippen molar-refractivity contribution in [3.63, 3.8) is 0 Å². The van der Waals surface area contributed by atoms with Crippen LogP contribution in [0.25, 0.3) is 0 Å². The van der Waals surface area contributed by atoms with Crippen molar-refractivity contribution in [2.24, 2.45) is 0 Å². The van der Waals surface area contributed by atoms with Crippen molar-refractivity contribution < 1.29 is 0 Å². The summed E-state index contributed by atoms with van der Waals surface area (Å²) in [6, 6.07) is 6.66. The topological polar surface area (TPSA) is 107 Å². The summed E-state index contributed by atoms with van der Waals surface area (Å²) in [5, 5.41) is 0. The van der Waals surface area contributed by atoms with Crippen LogP contribution in [-0.4, -0.2) is 57.3 Å². The van der Waals surface area contributed by atoms with Crippen molar-refractivity contribution in [1.29, 1.82) is 0 Å². The lowest BCUT2D eigenvalue weighted by atomic mass is 9.99. The molecule has 6 aromatic heterocycles. The number of hydrogen-bond acceptors (Lipinski definition) is 6. The van der Waals surface area contributed by atoms with Crippen molar-refractivity contribution in [1.82, 2.24) is 57.3 Å². The van der Waals surface area contributed by atoms with E-state index in [4.69, 9.17) is 0 Å². The SMILES string of the molecule is c1cn(C(c2cc(C(n3ccnc3)n3ccnc3)cc(C(n3ccnc3)n3ccnc3)c2)n2ccnc2)cn1. The second-order valence-electron chi connectivity index (χ2n) is 9.11. The van der Waals surface area contributed by atoms with Crippen LogP contribution >= 0.6 is 0 Å². The number of rotatable bonds is 9. The quantitative estimate of drug-likeness (QED) is 0.292.